The Hall–Kier alpha value is -1.22. The van der Waals surface area contributed by atoms with Crippen molar-refractivity contribution in [3.8, 4) is 10.8 Å². The Bertz CT molecular complexity index is 460. The first-order chi connectivity index (χ1) is 6.70. The van der Waals surface area contributed by atoms with Crippen LogP contribution in [0.3, 0.4) is 0 Å². The number of hydrogen-bond donors (Lipinski definition) is 1. The summed E-state index contributed by atoms with van der Waals surface area (Å²) in [4.78, 5) is 0. The Balaban J connectivity index is 2.66. The van der Waals surface area contributed by atoms with Crippen LogP contribution in [-0.4, -0.2) is 11.7 Å². The summed E-state index contributed by atoms with van der Waals surface area (Å²) in [6.45, 7) is 4.63. The van der Waals surface area contributed by atoms with Crippen LogP contribution in [0.1, 0.15) is 12.5 Å². The lowest BCUT2D eigenvalue weighted by Gasteiger charge is -2.05. The van der Waals surface area contributed by atoms with Gasteiger partial charge in [-0.2, -0.15) is 0 Å². The van der Waals surface area contributed by atoms with Crippen LogP contribution >= 0.6 is 11.3 Å². The first-order valence-electron chi connectivity index (χ1n) is 4.56. The monoisotopic (exact) mass is 208 g/mol. The van der Waals surface area contributed by atoms with E-state index < -0.39 is 0 Å². The molecular weight excluding hydrogens is 196 g/mol. The van der Waals surface area contributed by atoms with E-state index in [1.165, 1.54) is 11.3 Å². The van der Waals surface area contributed by atoms with E-state index in [-0.39, 0.29) is 0 Å². The molecule has 74 valence electrons. The summed E-state index contributed by atoms with van der Waals surface area (Å²) in [6, 6.07) is 5.81. The second-order valence-corrected chi connectivity index (χ2v) is 4.25. The first-order valence-corrected chi connectivity index (χ1v) is 5.38. The van der Waals surface area contributed by atoms with Crippen molar-refractivity contribution >= 4 is 21.4 Å². The van der Waals surface area contributed by atoms with Crippen LogP contribution in [-0.2, 0) is 0 Å². The highest BCUT2D eigenvalue weighted by molar-refractivity contribution is 7.20. The molecule has 0 fully saturated rings. The molecule has 0 radical (unpaired) electrons. The molecular formula is C11H12O2S. The quantitative estimate of drug-likeness (QED) is 0.820. The Morgan fingerprint density at radius 2 is 2.14 bits per heavy atom. The second-order valence-electron chi connectivity index (χ2n) is 3.19. The van der Waals surface area contributed by atoms with Crippen LogP contribution in [0.5, 0.6) is 10.8 Å². The predicted molar refractivity (Wildman–Crippen MR) is 59.4 cm³/mol. The topological polar surface area (TPSA) is 29.5 Å². The number of fused-ring (bicyclic) bond motifs is 1. The molecule has 3 heteroatoms. The van der Waals surface area contributed by atoms with Crippen LogP contribution in [0.25, 0.3) is 10.1 Å². The molecule has 0 aliphatic carbocycles. The number of rotatable bonds is 2. The van der Waals surface area contributed by atoms with Crippen molar-refractivity contribution in [3.05, 3.63) is 23.8 Å². The zero-order valence-corrected chi connectivity index (χ0v) is 9.02. The maximum absolute atomic E-state index is 9.40. The van der Waals surface area contributed by atoms with Gasteiger partial charge in [-0.15, -0.1) is 0 Å². The minimum atomic E-state index is 0.339. The largest absolute Gasteiger partial charge is 0.499 e. The van der Waals surface area contributed by atoms with Gasteiger partial charge < -0.3 is 9.84 Å². The SMILES string of the molecule is CCOc1cc(C)cc2sc(O)cc12. The summed E-state index contributed by atoms with van der Waals surface area (Å²) in [5.74, 6) is 0.860. The maximum atomic E-state index is 9.40. The third-order valence-electron chi connectivity index (χ3n) is 2.03. The van der Waals surface area contributed by atoms with Crippen molar-refractivity contribution in [1.82, 2.24) is 0 Å². The third-order valence-corrected chi connectivity index (χ3v) is 2.92. The van der Waals surface area contributed by atoms with Crippen LogP contribution in [0, 0.1) is 6.92 Å². The van der Waals surface area contributed by atoms with Crippen molar-refractivity contribution in [3.63, 3.8) is 0 Å². The zero-order chi connectivity index (χ0) is 10.1. The normalized spacial score (nSPS) is 10.7. The third kappa shape index (κ3) is 1.55. The van der Waals surface area contributed by atoms with Gasteiger partial charge in [0.1, 0.15) is 5.75 Å². The van der Waals surface area contributed by atoms with Gasteiger partial charge in [-0.25, -0.2) is 0 Å². The first kappa shape index (κ1) is 9.34. The van der Waals surface area contributed by atoms with Crippen molar-refractivity contribution in [1.29, 1.82) is 0 Å². The molecule has 0 aliphatic rings. The second kappa shape index (κ2) is 3.50. The zero-order valence-electron chi connectivity index (χ0n) is 8.20. The summed E-state index contributed by atoms with van der Waals surface area (Å²) in [6.07, 6.45) is 0. The fourth-order valence-corrected chi connectivity index (χ4v) is 2.42. The smallest absolute Gasteiger partial charge is 0.172 e. The minimum absolute atomic E-state index is 0.339. The van der Waals surface area contributed by atoms with Gasteiger partial charge in [-0.3, -0.25) is 0 Å². The molecule has 1 heterocycles. The lowest BCUT2D eigenvalue weighted by Crippen LogP contribution is -1.91. The van der Waals surface area contributed by atoms with Gasteiger partial charge in [0.05, 0.1) is 6.61 Å². The highest BCUT2D eigenvalue weighted by Crippen LogP contribution is 2.37. The van der Waals surface area contributed by atoms with Gasteiger partial charge in [-0.05, 0) is 31.5 Å². The summed E-state index contributed by atoms with van der Waals surface area (Å²) in [7, 11) is 0. The summed E-state index contributed by atoms with van der Waals surface area (Å²) < 4.78 is 6.58. The number of benzene rings is 1. The molecule has 2 aromatic rings. The average Bonchev–Trinajstić information content (AvgIpc) is 2.45. The van der Waals surface area contributed by atoms with Crippen molar-refractivity contribution in [2.45, 2.75) is 13.8 Å². The van der Waals surface area contributed by atoms with E-state index >= 15 is 0 Å². The molecule has 0 aliphatic heterocycles. The molecule has 1 N–H and O–H groups in total. The van der Waals surface area contributed by atoms with E-state index in [4.69, 9.17) is 4.74 Å². The Kier molecular flexibility index (Phi) is 2.33. The summed E-state index contributed by atoms with van der Waals surface area (Å²) in [5.41, 5.74) is 1.16. The van der Waals surface area contributed by atoms with Crippen molar-refractivity contribution in [2.75, 3.05) is 6.61 Å². The van der Waals surface area contributed by atoms with Crippen LogP contribution < -0.4 is 4.74 Å². The van der Waals surface area contributed by atoms with E-state index in [0.717, 1.165) is 21.4 Å². The molecule has 0 atom stereocenters. The summed E-state index contributed by atoms with van der Waals surface area (Å²) in [5, 5.41) is 10.7. The van der Waals surface area contributed by atoms with Gasteiger partial charge in [0.15, 0.2) is 5.06 Å². The van der Waals surface area contributed by atoms with E-state index in [1.807, 2.05) is 19.9 Å². The van der Waals surface area contributed by atoms with E-state index in [0.29, 0.717) is 11.7 Å². The lowest BCUT2D eigenvalue weighted by atomic mass is 10.2. The van der Waals surface area contributed by atoms with E-state index in [9.17, 15) is 5.11 Å². The molecule has 14 heavy (non-hydrogen) atoms. The number of aryl methyl sites for hydroxylation is 1. The van der Waals surface area contributed by atoms with E-state index in [1.54, 1.807) is 6.07 Å². The Labute approximate surface area is 86.8 Å². The minimum Gasteiger partial charge on any atom is -0.499 e. The molecule has 0 unspecified atom stereocenters. The number of thiophene rings is 1. The number of ether oxygens (including phenoxy) is 1. The molecule has 1 aromatic carbocycles. The fourth-order valence-electron chi connectivity index (χ4n) is 1.50. The van der Waals surface area contributed by atoms with Crippen LogP contribution in [0.15, 0.2) is 18.2 Å². The Morgan fingerprint density at radius 1 is 1.36 bits per heavy atom. The fraction of sp³-hybridized carbons (Fsp3) is 0.273. The van der Waals surface area contributed by atoms with Gasteiger partial charge in [0, 0.05) is 16.2 Å². The van der Waals surface area contributed by atoms with Crippen molar-refractivity contribution < 1.29 is 9.84 Å². The van der Waals surface area contributed by atoms with Gasteiger partial charge in [-0.1, -0.05) is 11.3 Å². The van der Waals surface area contributed by atoms with Gasteiger partial charge in [0.25, 0.3) is 0 Å². The van der Waals surface area contributed by atoms with Crippen molar-refractivity contribution in [2.24, 2.45) is 0 Å². The average molecular weight is 208 g/mol. The highest BCUT2D eigenvalue weighted by Gasteiger charge is 2.07. The summed E-state index contributed by atoms with van der Waals surface area (Å²) >= 11 is 1.38. The molecule has 0 spiro atoms. The molecule has 0 amide bonds. The van der Waals surface area contributed by atoms with Crippen LogP contribution in [0.2, 0.25) is 0 Å². The molecule has 0 saturated heterocycles. The molecule has 0 bridgehead atoms. The molecule has 2 nitrogen and oxygen atoms in total. The Morgan fingerprint density at radius 3 is 2.86 bits per heavy atom. The standard InChI is InChI=1S/C11H12O2S/c1-3-13-9-4-7(2)5-10-8(9)6-11(12)14-10/h4-6,12H,3H2,1-2H3. The number of hydrogen-bond acceptors (Lipinski definition) is 3. The van der Waals surface area contributed by atoms with Gasteiger partial charge >= 0.3 is 0 Å². The molecule has 2 rings (SSSR count). The molecule has 0 saturated carbocycles. The predicted octanol–water partition coefficient (Wildman–Crippen LogP) is 3.31. The van der Waals surface area contributed by atoms with E-state index in [2.05, 4.69) is 6.07 Å². The highest BCUT2D eigenvalue weighted by atomic mass is 32.1. The number of aromatic hydroxyl groups is 1. The van der Waals surface area contributed by atoms with Gasteiger partial charge in [0.2, 0.25) is 0 Å². The lowest BCUT2D eigenvalue weighted by molar-refractivity contribution is 0.344. The maximum Gasteiger partial charge on any atom is 0.172 e. The molecule has 1 aromatic heterocycles. The van der Waals surface area contributed by atoms with Crippen LogP contribution in [0.4, 0.5) is 0 Å².